The molecule has 0 spiro atoms. The smallest absolute Gasteiger partial charge is 0.166 e. The average Bonchev–Trinajstić information content (AvgIpc) is 3.32. The zero-order valence-electron chi connectivity index (χ0n) is 15.4. The van der Waals surface area contributed by atoms with Crippen LogP contribution in [0.25, 0.3) is 11.0 Å². The van der Waals surface area contributed by atoms with E-state index >= 15 is 0 Å². The van der Waals surface area contributed by atoms with Gasteiger partial charge in [-0.2, -0.15) is 0 Å². The number of rotatable bonds is 7. The molecule has 2 atom stereocenters. The number of halogens is 1. The number of hydrogen-bond donors (Lipinski definition) is 2. The Morgan fingerprint density at radius 2 is 2.12 bits per heavy atom. The van der Waals surface area contributed by atoms with E-state index in [1.54, 1.807) is 0 Å². The van der Waals surface area contributed by atoms with Crippen LogP contribution in [-0.4, -0.2) is 63.5 Å². The number of imidazole rings is 1. The van der Waals surface area contributed by atoms with Crippen LogP contribution in [-0.2, 0) is 0 Å². The Kier molecular flexibility index (Phi) is 5.37. The normalized spacial score (nSPS) is 23.0. The van der Waals surface area contributed by atoms with Gasteiger partial charge in [-0.25, -0.2) is 4.98 Å². The van der Waals surface area contributed by atoms with Crippen molar-refractivity contribution >= 4 is 40.1 Å². The summed E-state index contributed by atoms with van der Waals surface area (Å²) in [6, 6.07) is 5.17. The van der Waals surface area contributed by atoms with Crippen LogP contribution in [0.2, 0.25) is 5.02 Å². The summed E-state index contributed by atoms with van der Waals surface area (Å²) >= 11 is 8.46. The summed E-state index contributed by atoms with van der Waals surface area (Å²) in [5, 5.41) is 11.6. The van der Waals surface area contributed by atoms with Gasteiger partial charge in [0.05, 0.1) is 28.4 Å². The first kappa shape index (κ1) is 18.4. The topological polar surface area (TPSA) is 55.4 Å². The highest BCUT2D eigenvalue weighted by atomic mass is 35.5. The SMILES string of the molecule is CCC(CC)Sc1nc2cc(N3C[C@@H]4C[C@@H]3CN4CCO)c(Cl)cc2[nH]1. The first-order valence-corrected chi connectivity index (χ1v) is 10.9. The maximum Gasteiger partial charge on any atom is 0.166 e. The molecular formula is C19H27ClN4OS. The summed E-state index contributed by atoms with van der Waals surface area (Å²) < 4.78 is 0. The molecule has 26 heavy (non-hydrogen) atoms. The van der Waals surface area contributed by atoms with Crippen molar-refractivity contribution in [3.05, 3.63) is 17.2 Å². The van der Waals surface area contributed by atoms with E-state index in [4.69, 9.17) is 16.6 Å². The van der Waals surface area contributed by atoms with Crippen molar-refractivity contribution in [1.29, 1.82) is 0 Å². The molecule has 142 valence electrons. The van der Waals surface area contributed by atoms with Crippen LogP contribution in [0.15, 0.2) is 17.3 Å². The van der Waals surface area contributed by atoms with Crippen LogP contribution in [0, 0.1) is 0 Å². The number of aliphatic hydroxyl groups excluding tert-OH is 1. The summed E-state index contributed by atoms with van der Waals surface area (Å²) in [6.45, 7) is 7.45. The minimum atomic E-state index is 0.236. The fraction of sp³-hybridized carbons (Fsp3) is 0.632. The monoisotopic (exact) mass is 394 g/mol. The highest BCUT2D eigenvalue weighted by Crippen LogP contribution is 2.39. The number of benzene rings is 1. The predicted octanol–water partition coefficient (Wildman–Crippen LogP) is 3.75. The molecule has 4 rings (SSSR count). The second kappa shape index (κ2) is 7.58. The van der Waals surface area contributed by atoms with Crippen LogP contribution in [0.4, 0.5) is 5.69 Å². The highest BCUT2D eigenvalue weighted by Gasteiger charge is 2.43. The summed E-state index contributed by atoms with van der Waals surface area (Å²) in [5.41, 5.74) is 3.10. The van der Waals surface area contributed by atoms with Gasteiger partial charge in [0.25, 0.3) is 0 Å². The Morgan fingerprint density at radius 1 is 1.31 bits per heavy atom. The third-order valence-corrected chi connectivity index (χ3v) is 7.49. The molecule has 0 amide bonds. The quantitative estimate of drug-likeness (QED) is 0.700. The fourth-order valence-electron chi connectivity index (χ4n) is 4.33. The molecule has 0 radical (unpaired) electrons. The van der Waals surface area contributed by atoms with Gasteiger partial charge in [0, 0.05) is 37.0 Å². The number of piperazine rings is 1. The molecule has 2 N–H and O–H groups in total. The number of H-pyrrole nitrogens is 1. The second-order valence-electron chi connectivity index (χ2n) is 7.33. The van der Waals surface area contributed by atoms with Crippen molar-refractivity contribution in [2.24, 2.45) is 0 Å². The molecule has 2 bridgehead atoms. The summed E-state index contributed by atoms with van der Waals surface area (Å²) in [4.78, 5) is 13.1. The molecule has 1 aromatic carbocycles. The van der Waals surface area contributed by atoms with Crippen LogP contribution in [0.1, 0.15) is 33.1 Å². The molecule has 2 saturated heterocycles. The lowest BCUT2D eigenvalue weighted by Crippen LogP contribution is -2.47. The lowest BCUT2D eigenvalue weighted by atomic mass is 10.2. The second-order valence-corrected chi connectivity index (χ2v) is 9.03. The van der Waals surface area contributed by atoms with Gasteiger partial charge in [0.15, 0.2) is 5.16 Å². The molecule has 2 fully saturated rings. The highest BCUT2D eigenvalue weighted by molar-refractivity contribution is 7.99. The summed E-state index contributed by atoms with van der Waals surface area (Å²) in [5.74, 6) is 0. The third kappa shape index (κ3) is 3.33. The first-order chi connectivity index (χ1) is 12.6. The van der Waals surface area contributed by atoms with Gasteiger partial charge in [-0.3, -0.25) is 4.90 Å². The number of nitrogens with one attached hydrogen (secondary N) is 1. The lowest BCUT2D eigenvalue weighted by Gasteiger charge is -2.35. The zero-order valence-corrected chi connectivity index (χ0v) is 17.0. The number of aromatic amines is 1. The maximum absolute atomic E-state index is 9.21. The van der Waals surface area contributed by atoms with E-state index < -0.39 is 0 Å². The lowest BCUT2D eigenvalue weighted by molar-refractivity contribution is 0.177. The molecular weight excluding hydrogens is 368 g/mol. The molecule has 2 aliphatic heterocycles. The number of fused-ring (bicyclic) bond motifs is 3. The zero-order chi connectivity index (χ0) is 18.3. The van der Waals surface area contributed by atoms with E-state index in [-0.39, 0.29) is 6.61 Å². The van der Waals surface area contributed by atoms with E-state index in [1.807, 2.05) is 17.8 Å². The van der Waals surface area contributed by atoms with Crippen LogP contribution >= 0.6 is 23.4 Å². The van der Waals surface area contributed by atoms with Gasteiger partial charge in [-0.05, 0) is 31.4 Å². The number of aliphatic hydroxyl groups is 1. The standard InChI is InChI=1S/C19H27ClN4OS/c1-3-14(4-2)26-19-21-16-8-15(20)18(9-17(16)22-19)24-11-12-7-13(24)10-23(12)5-6-25/h8-9,12-14,25H,3-7,10-11H2,1-2H3,(H,21,22)/t12-,13+/m0/s1. The Morgan fingerprint density at radius 3 is 2.77 bits per heavy atom. The molecule has 3 heterocycles. The van der Waals surface area contributed by atoms with Crippen molar-refractivity contribution in [3.8, 4) is 0 Å². The number of thioether (sulfide) groups is 1. The van der Waals surface area contributed by atoms with Gasteiger partial charge in [0.1, 0.15) is 0 Å². The number of β-amino-alcohol motifs (C(OH)–C–C–N with tert-alkyl or cyclic N) is 1. The maximum atomic E-state index is 9.21. The van der Waals surface area contributed by atoms with Crippen molar-refractivity contribution in [2.45, 2.75) is 55.6 Å². The van der Waals surface area contributed by atoms with Gasteiger partial charge in [-0.1, -0.05) is 37.2 Å². The molecule has 0 aliphatic carbocycles. The number of hydrogen-bond acceptors (Lipinski definition) is 5. The minimum absolute atomic E-state index is 0.236. The van der Waals surface area contributed by atoms with Crippen molar-refractivity contribution in [3.63, 3.8) is 0 Å². The Balaban J connectivity index is 1.56. The van der Waals surface area contributed by atoms with E-state index in [0.29, 0.717) is 17.3 Å². The van der Waals surface area contributed by atoms with Crippen molar-refractivity contribution < 1.29 is 5.11 Å². The number of aromatic nitrogens is 2. The van der Waals surface area contributed by atoms with E-state index in [1.165, 1.54) is 0 Å². The van der Waals surface area contributed by atoms with Crippen LogP contribution in [0.5, 0.6) is 0 Å². The Bertz CT molecular complexity index is 778. The number of anilines is 1. The van der Waals surface area contributed by atoms with Gasteiger partial charge in [-0.15, -0.1) is 0 Å². The molecule has 0 saturated carbocycles. The fourth-order valence-corrected chi connectivity index (χ4v) is 5.57. The van der Waals surface area contributed by atoms with Gasteiger partial charge >= 0.3 is 0 Å². The van der Waals surface area contributed by atoms with Crippen molar-refractivity contribution in [1.82, 2.24) is 14.9 Å². The van der Waals surface area contributed by atoms with Crippen LogP contribution < -0.4 is 4.90 Å². The van der Waals surface area contributed by atoms with E-state index in [9.17, 15) is 5.11 Å². The molecule has 7 heteroatoms. The number of likely N-dealkylation sites (tertiary alicyclic amines) is 1. The van der Waals surface area contributed by atoms with E-state index in [2.05, 4.69) is 34.7 Å². The minimum Gasteiger partial charge on any atom is -0.395 e. The van der Waals surface area contributed by atoms with Gasteiger partial charge < -0.3 is 15.0 Å². The van der Waals surface area contributed by atoms with Crippen LogP contribution in [0.3, 0.4) is 0 Å². The molecule has 0 unspecified atom stereocenters. The first-order valence-electron chi connectivity index (χ1n) is 9.60. The summed E-state index contributed by atoms with van der Waals surface area (Å²) in [6.07, 6.45) is 3.45. The Labute approximate surface area is 164 Å². The van der Waals surface area contributed by atoms with E-state index in [0.717, 1.165) is 65.8 Å². The molecule has 5 nitrogen and oxygen atoms in total. The molecule has 2 aromatic rings. The predicted molar refractivity (Wildman–Crippen MR) is 110 cm³/mol. The Hall–Kier alpha value is -0.950. The molecule has 1 aromatic heterocycles. The third-order valence-electron chi connectivity index (χ3n) is 5.77. The average molecular weight is 395 g/mol. The number of nitrogens with zero attached hydrogens (tertiary/aromatic N) is 3. The largest absolute Gasteiger partial charge is 0.395 e. The van der Waals surface area contributed by atoms with Crippen molar-refractivity contribution in [2.75, 3.05) is 31.1 Å². The molecule has 2 aliphatic rings. The summed E-state index contributed by atoms with van der Waals surface area (Å²) in [7, 11) is 0. The van der Waals surface area contributed by atoms with Gasteiger partial charge in [0.2, 0.25) is 0 Å².